The van der Waals surface area contributed by atoms with E-state index in [0.29, 0.717) is 18.9 Å². The average molecular weight is 299 g/mol. The highest BCUT2D eigenvalue weighted by Crippen LogP contribution is 2.22. The highest BCUT2D eigenvalue weighted by atomic mass is 79.9. The summed E-state index contributed by atoms with van der Waals surface area (Å²) >= 11 is 3.39. The minimum Gasteiger partial charge on any atom is -0.465 e. The lowest BCUT2D eigenvalue weighted by Crippen LogP contribution is -2.20. The summed E-state index contributed by atoms with van der Waals surface area (Å²) in [5, 5.41) is 0. The first-order valence-electron chi connectivity index (χ1n) is 5.94. The van der Waals surface area contributed by atoms with Gasteiger partial charge in [0, 0.05) is 0 Å². The Hall–Kier alpha value is -0.830. The molecule has 0 spiro atoms. The molecular formula is C14H19BrO2. The molecule has 0 aliphatic heterocycles. The van der Waals surface area contributed by atoms with Gasteiger partial charge in [-0.05, 0) is 30.4 Å². The standard InChI is InChI=1S/C14H19BrO2/c1-4-17-14(16)13(15)9-11-7-5-6-8-12(11)10(2)3/h5-8,10,13H,4,9H2,1-3H3. The molecular weight excluding hydrogens is 280 g/mol. The van der Waals surface area contributed by atoms with Crippen molar-refractivity contribution in [1.82, 2.24) is 0 Å². The first-order chi connectivity index (χ1) is 8.06. The van der Waals surface area contributed by atoms with E-state index < -0.39 is 0 Å². The summed E-state index contributed by atoms with van der Waals surface area (Å²) in [6.45, 7) is 6.56. The fraction of sp³-hybridized carbons (Fsp3) is 0.500. The molecule has 0 heterocycles. The minimum absolute atomic E-state index is 0.189. The first-order valence-corrected chi connectivity index (χ1v) is 6.86. The second kappa shape index (κ2) is 6.80. The van der Waals surface area contributed by atoms with Crippen molar-refractivity contribution in [3.63, 3.8) is 0 Å². The quantitative estimate of drug-likeness (QED) is 0.612. The van der Waals surface area contributed by atoms with E-state index in [-0.39, 0.29) is 10.8 Å². The van der Waals surface area contributed by atoms with Crippen molar-refractivity contribution in [2.24, 2.45) is 0 Å². The summed E-state index contributed by atoms with van der Waals surface area (Å²) in [5.41, 5.74) is 2.50. The lowest BCUT2D eigenvalue weighted by Gasteiger charge is -2.15. The molecule has 1 rings (SSSR count). The third-order valence-corrected chi connectivity index (χ3v) is 3.32. The smallest absolute Gasteiger partial charge is 0.320 e. The molecule has 0 aliphatic carbocycles. The molecule has 0 bridgehead atoms. The Bertz CT molecular complexity index is 374. The molecule has 1 atom stereocenters. The zero-order valence-corrected chi connectivity index (χ0v) is 12.2. The van der Waals surface area contributed by atoms with E-state index in [1.807, 2.05) is 19.1 Å². The molecule has 0 radical (unpaired) electrons. The highest BCUT2D eigenvalue weighted by molar-refractivity contribution is 9.10. The lowest BCUT2D eigenvalue weighted by molar-refractivity contribution is -0.142. The second-order valence-electron chi connectivity index (χ2n) is 4.28. The first kappa shape index (κ1) is 14.2. The van der Waals surface area contributed by atoms with Crippen molar-refractivity contribution < 1.29 is 9.53 Å². The Labute approximate surface area is 111 Å². The third-order valence-electron chi connectivity index (χ3n) is 2.62. The SMILES string of the molecule is CCOC(=O)C(Br)Cc1ccccc1C(C)C. The van der Waals surface area contributed by atoms with E-state index in [9.17, 15) is 4.79 Å². The average Bonchev–Trinajstić information content (AvgIpc) is 2.29. The molecule has 0 aromatic heterocycles. The number of hydrogen-bond acceptors (Lipinski definition) is 2. The van der Waals surface area contributed by atoms with Gasteiger partial charge in [0.25, 0.3) is 0 Å². The van der Waals surface area contributed by atoms with Gasteiger partial charge in [-0.2, -0.15) is 0 Å². The summed E-state index contributed by atoms with van der Waals surface area (Å²) in [5.74, 6) is 0.277. The predicted molar refractivity (Wildman–Crippen MR) is 73.6 cm³/mol. The number of alkyl halides is 1. The van der Waals surface area contributed by atoms with E-state index in [1.54, 1.807) is 0 Å². The summed E-state index contributed by atoms with van der Waals surface area (Å²) < 4.78 is 4.99. The monoisotopic (exact) mass is 298 g/mol. The van der Waals surface area contributed by atoms with Crippen LogP contribution in [0.3, 0.4) is 0 Å². The molecule has 2 nitrogen and oxygen atoms in total. The van der Waals surface area contributed by atoms with Gasteiger partial charge in [0.2, 0.25) is 0 Å². The zero-order chi connectivity index (χ0) is 12.8. The second-order valence-corrected chi connectivity index (χ2v) is 5.38. The molecule has 1 aromatic rings. The Morgan fingerprint density at radius 2 is 2.00 bits per heavy atom. The predicted octanol–water partition coefficient (Wildman–Crippen LogP) is 3.68. The molecule has 3 heteroatoms. The van der Waals surface area contributed by atoms with Gasteiger partial charge < -0.3 is 4.74 Å². The van der Waals surface area contributed by atoms with E-state index in [2.05, 4.69) is 41.9 Å². The lowest BCUT2D eigenvalue weighted by atomic mass is 9.94. The maximum absolute atomic E-state index is 11.6. The van der Waals surface area contributed by atoms with Gasteiger partial charge in [0.1, 0.15) is 4.83 Å². The molecule has 0 aliphatic rings. The van der Waals surface area contributed by atoms with Crippen molar-refractivity contribution in [2.45, 2.75) is 37.9 Å². The van der Waals surface area contributed by atoms with E-state index in [1.165, 1.54) is 11.1 Å². The van der Waals surface area contributed by atoms with E-state index in [4.69, 9.17) is 4.74 Å². The van der Waals surface area contributed by atoms with Gasteiger partial charge in [-0.15, -0.1) is 0 Å². The van der Waals surface area contributed by atoms with Crippen LogP contribution in [0.5, 0.6) is 0 Å². The highest BCUT2D eigenvalue weighted by Gasteiger charge is 2.18. The van der Waals surface area contributed by atoms with E-state index >= 15 is 0 Å². The number of halogens is 1. The molecule has 0 N–H and O–H groups in total. The molecule has 0 saturated heterocycles. The van der Waals surface area contributed by atoms with Crippen LogP contribution in [0.15, 0.2) is 24.3 Å². The molecule has 0 amide bonds. The summed E-state index contributed by atoms with van der Waals surface area (Å²) in [6, 6.07) is 8.23. The van der Waals surface area contributed by atoms with Gasteiger partial charge in [0.15, 0.2) is 0 Å². The topological polar surface area (TPSA) is 26.3 Å². The van der Waals surface area contributed by atoms with Crippen LogP contribution in [0.2, 0.25) is 0 Å². The van der Waals surface area contributed by atoms with Crippen LogP contribution in [0.4, 0.5) is 0 Å². The maximum atomic E-state index is 11.6. The van der Waals surface area contributed by atoms with Crippen LogP contribution in [0.1, 0.15) is 37.8 Å². The number of esters is 1. The Kier molecular flexibility index (Phi) is 5.69. The molecule has 0 saturated carbocycles. The normalized spacial score (nSPS) is 12.5. The van der Waals surface area contributed by atoms with Crippen molar-refractivity contribution in [2.75, 3.05) is 6.61 Å². The maximum Gasteiger partial charge on any atom is 0.320 e. The summed E-state index contributed by atoms with van der Waals surface area (Å²) in [6.07, 6.45) is 0.674. The van der Waals surface area contributed by atoms with Gasteiger partial charge in [-0.3, -0.25) is 4.79 Å². The van der Waals surface area contributed by atoms with Crippen LogP contribution < -0.4 is 0 Å². The van der Waals surface area contributed by atoms with Crippen molar-refractivity contribution in [3.8, 4) is 0 Å². The molecule has 1 unspecified atom stereocenters. The Morgan fingerprint density at radius 1 is 1.35 bits per heavy atom. The van der Waals surface area contributed by atoms with Crippen LogP contribution in [-0.2, 0) is 16.0 Å². The van der Waals surface area contributed by atoms with Crippen LogP contribution >= 0.6 is 15.9 Å². The fourth-order valence-corrected chi connectivity index (χ4v) is 2.27. The van der Waals surface area contributed by atoms with Gasteiger partial charge in [-0.25, -0.2) is 0 Å². The molecule has 0 fully saturated rings. The van der Waals surface area contributed by atoms with Gasteiger partial charge >= 0.3 is 5.97 Å². The van der Waals surface area contributed by atoms with Gasteiger partial charge in [-0.1, -0.05) is 54.0 Å². The van der Waals surface area contributed by atoms with Crippen LogP contribution in [-0.4, -0.2) is 17.4 Å². The molecule has 94 valence electrons. The number of carbonyl (C=O) groups is 1. The number of ether oxygens (including phenoxy) is 1. The zero-order valence-electron chi connectivity index (χ0n) is 10.6. The summed E-state index contributed by atoms with van der Waals surface area (Å²) in [4.78, 5) is 11.3. The molecule has 17 heavy (non-hydrogen) atoms. The summed E-state index contributed by atoms with van der Waals surface area (Å²) in [7, 11) is 0. The number of rotatable bonds is 5. The number of benzene rings is 1. The Morgan fingerprint density at radius 3 is 2.59 bits per heavy atom. The number of hydrogen-bond donors (Lipinski definition) is 0. The third kappa shape index (κ3) is 4.15. The van der Waals surface area contributed by atoms with Crippen molar-refractivity contribution in [3.05, 3.63) is 35.4 Å². The van der Waals surface area contributed by atoms with Crippen molar-refractivity contribution in [1.29, 1.82) is 0 Å². The van der Waals surface area contributed by atoms with Gasteiger partial charge in [0.05, 0.1) is 6.61 Å². The van der Waals surface area contributed by atoms with E-state index in [0.717, 1.165) is 0 Å². The fourth-order valence-electron chi connectivity index (χ4n) is 1.79. The Balaban J connectivity index is 2.77. The van der Waals surface area contributed by atoms with Crippen LogP contribution in [0, 0.1) is 0 Å². The largest absolute Gasteiger partial charge is 0.465 e. The molecule has 1 aromatic carbocycles. The van der Waals surface area contributed by atoms with Crippen molar-refractivity contribution >= 4 is 21.9 Å². The van der Waals surface area contributed by atoms with Crippen LogP contribution in [0.25, 0.3) is 0 Å². The number of carbonyl (C=O) groups excluding carboxylic acids is 1. The minimum atomic E-state index is -0.262.